The zero-order valence-corrected chi connectivity index (χ0v) is 24.0. The summed E-state index contributed by atoms with van der Waals surface area (Å²) in [7, 11) is -1.41. The van der Waals surface area contributed by atoms with E-state index in [2.05, 4.69) is 54.2 Å². The number of sulfone groups is 1. The molecule has 0 aliphatic carbocycles. The van der Waals surface area contributed by atoms with Crippen molar-refractivity contribution >= 4 is 43.9 Å². The molecule has 3 aromatic rings. The molecule has 0 amide bonds. The summed E-state index contributed by atoms with van der Waals surface area (Å²) in [5, 5.41) is 15.6. The summed E-state index contributed by atoms with van der Waals surface area (Å²) in [4.78, 5) is 18.2. The van der Waals surface area contributed by atoms with Crippen LogP contribution < -0.4 is 15.1 Å². The summed E-state index contributed by atoms with van der Waals surface area (Å²) < 4.78 is 29.1. The Morgan fingerprint density at radius 3 is 2.64 bits per heavy atom. The molecule has 11 heteroatoms. The number of methoxy groups -OCH3 is 1. The molecule has 2 aromatic heterocycles. The first-order chi connectivity index (χ1) is 18.5. The number of piperidine rings is 1. The number of aliphatic hydroxyl groups is 1. The molecule has 0 bridgehead atoms. The molecule has 5 rings (SSSR count). The van der Waals surface area contributed by atoms with Crippen LogP contribution in [0.2, 0.25) is 0 Å². The number of hydrogen-bond donors (Lipinski definition) is 2. The third-order valence-electron chi connectivity index (χ3n) is 7.97. The van der Waals surface area contributed by atoms with Crippen LogP contribution in [0.3, 0.4) is 0 Å². The van der Waals surface area contributed by atoms with E-state index in [0.717, 1.165) is 16.5 Å². The van der Waals surface area contributed by atoms with Gasteiger partial charge in [0.05, 0.1) is 11.9 Å². The van der Waals surface area contributed by atoms with Crippen molar-refractivity contribution in [3.63, 3.8) is 0 Å². The van der Waals surface area contributed by atoms with Crippen LogP contribution in [0.15, 0.2) is 36.7 Å². The van der Waals surface area contributed by atoms with E-state index in [1.807, 2.05) is 17.2 Å². The second-order valence-corrected chi connectivity index (χ2v) is 13.3. The predicted molar refractivity (Wildman–Crippen MR) is 155 cm³/mol. The Morgan fingerprint density at radius 1 is 1.15 bits per heavy atom. The van der Waals surface area contributed by atoms with E-state index in [-0.39, 0.29) is 23.8 Å². The Balaban J connectivity index is 1.40. The largest absolute Gasteiger partial charge is 0.390 e. The normalized spacial score (nSPS) is 23.8. The summed E-state index contributed by atoms with van der Waals surface area (Å²) in [5.41, 5.74) is 2.30. The monoisotopic (exact) mass is 554 g/mol. The van der Waals surface area contributed by atoms with Gasteiger partial charge >= 0.3 is 0 Å². The van der Waals surface area contributed by atoms with E-state index in [1.165, 1.54) is 11.8 Å². The zero-order chi connectivity index (χ0) is 27.9. The molecule has 1 aromatic carbocycles. The minimum Gasteiger partial charge on any atom is -0.390 e. The third kappa shape index (κ3) is 5.80. The average molecular weight is 555 g/mol. The van der Waals surface area contributed by atoms with Crippen LogP contribution >= 0.6 is 0 Å². The molecule has 4 atom stereocenters. The molecule has 2 aliphatic heterocycles. The highest BCUT2D eigenvalue weighted by Gasteiger charge is 2.38. The van der Waals surface area contributed by atoms with Crippen LogP contribution in [-0.4, -0.2) is 85.5 Å². The predicted octanol–water partition coefficient (Wildman–Crippen LogP) is 3.35. The number of aromatic nitrogens is 3. The number of aliphatic hydroxyl groups excluding tert-OH is 1. The number of benzene rings is 1. The van der Waals surface area contributed by atoms with Gasteiger partial charge in [-0.1, -0.05) is 19.9 Å². The Morgan fingerprint density at radius 2 is 1.95 bits per heavy atom. The minimum absolute atomic E-state index is 0.128. The van der Waals surface area contributed by atoms with Crippen LogP contribution in [0.25, 0.3) is 10.8 Å². The summed E-state index contributed by atoms with van der Waals surface area (Å²) in [6.45, 7) is 8.34. The zero-order valence-electron chi connectivity index (χ0n) is 23.2. The van der Waals surface area contributed by atoms with E-state index in [4.69, 9.17) is 14.7 Å². The molecule has 39 heavy (non-hydrogen) atoms. The maximum atomic E-state index is 11.8. The fraction of sp³-hybridized carbons (Fsp3) is 0.536. The average Bonchev–Trinajstić information content (AvgIpc) is 2.90. The van der Waals surface area contributed by atoms with E-state index < -0.39 is 15.9 Å². The van der Waals surface area contributed by atoms with Crippen LogP contribution in [0.1, 0.15) is 38.7 Å². The second kappa shape index (κ2) is 10.9. The van der Waals surface area contributed by atoms with Gasteiger partial charge in [-0.25, -0.2) is 18.4 Å². The maximum absolute atomic E-state index is 11.8. The van der Waals surface area contributed by atoms with Crippen molar-refractivity contribution in [2.45, 2.75) is 51.4 Å². The van der Waals surface area contributed by atoms with Gasteiger partial charge < -0.3 is 25.0 Å². The molecule has 0 spiro atoms. The molecule has 2 saturated heterocycles. The first-order valence-electron chi connectivity index (χ1n) is 13.5. The smallest absolute Gasteiger partial charge is 0.227 e. The Hall–Kier alpha value is -3.02. The molecule has 4 heterocycles. The summed E-state index contributed by atoms with van der Waals surface area (Å²) in [6.07, 6.45) is 4.75. The molecular formula is C28H38N6O4S. The highest BCUT2D eigenvalue weighted by atomic mass is 32.2. The number of fused-ring (bicyclic) bond motifs is 1. The maximum Gasteiger partial charge on any atom is 0.227 e. The lowest BCUT2D eigenvalue weighted by molar-refractivity contribution is -0.0208. The van der Waals surface area contributed by atoms with Crippen molar-refractivity contribution in [1.82, 2.24) is 15.0 Å². The van der Waals surface area contributed by atoms with E-state index in [9.17, 15) is 13.5 Å². The van der Waals surface area contributed by atoms with E-state index in [0.29, 0.717) is 49.6 Å². The lowest BCUT2D eigenvalue weighted by Crippen LogP contribution is -2.57. The highest BCUT2D eigenvalue weighted by Crippen LogP contribution is 2.39. The van der Waals surface area contributed by atoms with Gasteiger partial charge in [0.15, 0.2) is 0 Å². The molecule has 0 unspecified atom stereocenters. The fourth-order valence-electron chi connectivity index (χ4n) is 5.67. The van der Waals surface area contributed by atoms with Gasteiger partial charge in [0.2, 0.25) is 5.95 Å². The molecule has 0 saturated carbocycles. The summed E-state index contributed by atoms with van der Waals surface area (Å²) in [6, 6.07) is 8.32. The van der Waals surface area contributed by atoms with Crippen molar-refractivity contribution in [3.8, 4) is 0 Å². The van der Waals surface area contributed by atoms with Crippen molar-refractivity contribution in [3.05, 3.63) is 42.2 Å². The Bertz CT molecular complexity index is 1450. The van der Waals surface area contributed by atoms with Crippen molar-refractivity contribution in [1.29, 1.82) is 0 Å². The fourth-order valence-corrected chi connectivity index (χ4v) is 6.84. The van der Waals surface area contributed by atoms with Crippen LogP contribution in [0.5, 0.6) is 0 Å². The van der Waals surface area contributed by atoms with Crippen molar-refractivity contribution in [2.24, 2.45) is 5.92 Å². The quantitative estimate of drug-likeness (QED) is 0.429. The number of ether oxygens (including phenoxy) is 1. The van der Waals surface area contributed by atoms with Gasteiger partial charge in [0.1, 0.15) is 27.6 Å². The lowest BCUT2D eigenvalue weighted by Gasteiger charge is -2.48. The van der Waals surface area contributed by atoms with Gasteiger partial charge in [-0.2, -0.15) is 4.98 Å². The van der Waals surface area contributed by atoms with Gasteiger partial charge in [-0.15, -0.1) is 0 Å². The molecule has 2 fully saturated rings. The van der Waals surface area contributed by atoms with Gasteiger partial charge in [-0.05, 0) is 48.4 Å². The molecular weight excluding hydrogens is 516 g/mol. The first kappa shape index (κ1) is 27.5. The number of hydrogen-bond acceptors (Lipinski definition) is 10. The molecule has 210 valence electrons. The van der Waals surface area contributed by atoms with Crippen LogP contribution in [-0.2, 0) is 14.6 Å². The third-order valence-corrected chi connectivity index (χ3v) is 9.01. The molecule has 0 radical (unpaired) electrons. The van der Waals surface area contributed by atoms with E-state index >= 15 is 0 Å². The topological polar surface area (TPSA) is 121 Å². The number of nitrogens with one attached hydrogen (secondary N) is 1. The van der Waals surface area contributed by atoms with Crippen molar-refractivity contribution < 1.29 is 18.3 Å². The molecule has 10 nitrogen and oxygen atoms in total. The van der Waals surface area contributed by atoms with Gasteiger partial charge in [0.25, 0.3) is 0 Å². The van der Waals surface area contributed by atoms with Crippen molar-refractivity contribution in [2.75, 3.05) is 53.9 Å². The van der Waals surface area contributed by atoms with Gasteiger partial charge in [-0.3, -0.25) is 0 Å². The Kier molecular flexibility index (Phi) is 7.67. The highest BCUT2D eigenvalue weighted by molar-refractivity contribution is 7.90. The molecule has 2 aliphatic rings. The summed E-state index contributed by atoms with van der Waals surface area (Å²) in [5.74, 6) is 2.55. The van der Waals surface area contributed by atoms with Crippen LogP contribution in [0.4, 0.5) is 23.3 Å². The molecule has 2 N–H and O–H groups in total. The first-order valence-corrected chi connectivity index (χ1v) is 15.5. The minimum atomic E-state index is -3.01. The van der Waals surface area contributed by atoms with Crippen LogP contribution in [0, 0.1) is 5.92 Å². The SMILES string of the molecule is CO[C@H]1CN(c2nccc(Nc3cc4c(C(C)C)ccc(N5C[C@H](CS(C)(=O)=O)[C@H]5C)c4cn3)n2)CC[C@@H]1O. The second-order valence-electron chi connectivity index (χ2n) is 11.1. The number of rotatable bonds is 8. The van der Waals surface area contributed by atoms with E-state index in [1.54, 1.807) is 13.3 Å². The lowest BCUT2D eigenvalue weighted by atomic mass is 9.88. The van der Waals surface area contributed by atoms with Gasteiger partial charge in [0, 0.05) is 68.4 Å². The number of nitrogens with zero attached hydrogens (tertiary/aromatic N) is 5. The Labute approximate surface area is 230 Å². The number of anilines is 4. The standard InChI is InChI=1S/C28H38N6O4S/c1-17(2)20-6-7-23(34-14-19(18(34)3)16-39(5,36)37)22-13-30-27(12-21(20)22)31-26-8-10-29-28(32-26)33-11-9-24(35)25(15-33)38-4/h6-8,10,12-13,17-19,24-25,35H,9,11,14-16H2,1-5H3,(H,29,30,31,32)/t18-,19-,24+,25+/m1/s1. The summed E-state index contributed by atoms with van der Waals surface area (Å²) >= 11 is 0. The number of pyridine rings is 1.